The summed E-state index contributed by atoms with van der Waals surface area (Å²) in [4.78, 5) is 14.5. The molecule has 0 bridgehead atoms. The predicted molar refractivity (Wildman–Crippen MR) is 149 cm³/mol. The number of benzene rings is 1. The summed E-state index contributed by atoms with van der Waals surface area (Å²) in [5.41, 5.74) is 2.51. The maximum atomic E-state index is 4.71. The van der Waals surface area contributed by atoms with Crippen LogP contribution in [0.5, 0.6) is 0 Å². The molecule has 1 aromatic heterocycles. The molecule has 0 atom stereocenters. The van der Waals surface area contributed by atoms with Gasteiger partial charge in [0.05, 0.1) is 12.2 Å². The molecule has 1 aliphatic rings. The first-order valence-electron chi connectivity index (χ1n) is 11.6. The molecule has 2 aromatic rings. The van der Waals surface area contributed by atoms with Gasteiger partial charge in [0.15, 0.2) is 5.96 Å². The van der Waals surface area contributed by atoms with Gasteiger partial charge in [0.25, 0.3) is 0 Å². The molecule has 0 unspecified atom stereocenters. The molecule has 2 N–H and O–H groups in total. The lowest BCUT2D eigenvalue weighted by atomic mass is 10.2. The van der Waals surface area contributed by atoms with Gasteiger partial charge < -0.3 is 15.5 Å². The molecule has 3 rings (SSSR count). The highest BCUT2D eigenvalue weighted by Gasteiger charge is 2.16. The van der Waals surface area contributed by atoms with Crippen LogP contribution < -0.4 is 15.5 Å². The molecule has 2 heterocycles. The van der Waals surface area contributed by atoms with Crippen molar-refractivity contribution in [1.29, 1.82) is 0 Å². The third kappa shape index (κ3) is 8.86. The van der Waals surface area contributed by atoms with Gasteiger partial charge in [-0.05, 0) is 44.4 Å². The molecule has 8 heteroatoms. The van der Waals surface area contributed by atoms with Crippen molar-refractivity contribution < 1.29 is 0 Å². The molecule has 1 aromatic carbocycles. The Bertz CT molecular complexity index is 787. The van der Waals surface area contributed by atoms with Crippen molar-refractivity contribution in [2.24, 2.45) is 4.99 Å². The Morgan fingerprint density at radius 3 is 2.50 bits per heavy atom. The number of aromatic nitrogens is 1. The number of anilines is 1. The number of hydrogen-bond donors (Lipinski definition) is 2. The van der Waals surface area contributed by atoms with Crippen molar-refractivity contribution in [1.82, 2.24) is 20.5 Å². The van der Waals surface area contributed by atoms with Gasteiger partial charge in [-0.15, -0.1) is 35.3 Å². The Kier molecular flexibility index (Phi) is 12.3. The minimum atomic E-state index is 0. The largest absolute Gasteiger partial charge is 0.369 e. The van der Waals surface area contributed by atoms with Gasteiger partial charge in [0.1, 0.15) is 5.01 Å². The van der Waals surface area contributed by atoms with Gasteiger partial charge in [-0.25, -0.2) is 9.98 Å². The second-order valence-electron chi connectivity index (χ2n) is 8.31. The third-order valence-electron chi connectivity index (χ3n) is 5.56. The van der Waals surface area contributed by atoms with Crippen LogP contribution >= 0.6 is 35.3 Å². The zero-order chi connectivity index (χ0) is 21.9. The lowest BCUT2D eigenvalue weighted by molar-refractivity contribution is 0.253. The number of para-hydroxylation sites is 1. The van der Waals surface area contributed by atoms with Crippen molar-refractivity contribution in [2.75, 3.05) is 50.7 Å². The van der Waals surface area contributed by atoms with E-state index in [2.05, 4.69) is 81.9 Å². The summed E-state index contributed by atoms with van der Waals surface area (Å²) in [6, 6.07) is 10.8. The number of nitrogens with zero attached hydrogens (tertiary/aromatic N) is 4. The summed E-state index contributed by atoms with van der Waals surface area (Å²) < 4.78 is 0. The van der Waals surface area contributed by atoms with Gasteiger partial charge in [0, 0.05) is 50.3 Å². The van der Waals surface area contributed by atoms with Crippen LogP contribution in [0.4, 0.5) is 5.69 Å². The van der Waals surface area contributed by atoms with Crippen LogP contribution in [0.25, 0.3) is 0 Å². The van der Waals surface area contributed by atoms with Gasteiger partial charge in [-0.3, -0.25) is 4.90 Å². The number of guanidine groups is 1. The topological polar surface area (TPSA) is 55.8 Å². The number of piperazine rings is 1. The SMILES string of the molecule is CCNC(=NCc1nc(C(C)C)cs1)NCCCCN1CCN(c2ccccc2)CC1.I. The van der Waals surface area contributed by atoms with E-state index in [1.165, 1.54) is 18.7 Å². The summed E-state index contributed by atoms with van der Waals surface area (Å²) >= 11 is 1.70. The fraction of sp³-hybridized carbons (Fsp3) is 0.583. The first-order valence-corrected chi connectivity index (χ1v) is 12.5. The highest BCUT2D eigenvalue weighted by atomic mass is 127. The highest BCUT2D eigenvalue weighted by Crippen LogP contribution is 2.18. The first kappa shape index (κ1) is 26.9. The van der Waals surface area contributed by atoms with Crippen molar-refractivity contribution in [3.05, 3.63) is 46.4 Å². The van der Waals surface area contributed by atoms with E-state index in [4.69, 9.17) is 4.99 Å². The normalized spacial score (nSPS) is 15.0. The standard InChI is InChI=1S/C24H38N6S.HI/c1-4-25-24(27-18-23-28-22(19-31-23)20(2)3)26-12-8-9-13-29-14-16-30(17-15-29)21-10-6-5-7-11-21;/h5-7,10-11,19-20H,4,8-9,12-18H2,1-3H3,(H2,25,26,27);1H. The van der Waals surface area contributed by atoms with E-state index in [1.54, 1.807) is 11.3 Å². The lowest BCUT2D eigenvalue weighted by Gasteiger charge is -2.36. The maximum Gasteiger partial charge on any atom is 0.191 e. The van der Waals surface area contributed by atoms with Crippen LogP contribution in [-0.4, -0.2) is 61.7 Å². The number of hydrogen-bond acceptors (Lipinski definition) is 5. The Hall–Kier alpha value is -1.39. The smallest absolute Gasteiger partial charge is 0.191 e. The summed E-state index contributed by atoms with van der Waals surface area (Å²) in [7, 11) is 0. The summed E-state index contributed by atoms with van der Waals surface area (Å²) in [5.74, 6) is 1.36. The van der Waals surface area contributed by atoms with Crippen molar-refractivity contribution in [2.45, 2.75) is 46.1 Å². The summed E-state index contributed by atoms with van der Waals surface area (Å²) in [5, 5.41) is 10.0. The Morgan fingerprint density at radius 2 is 1.84 bits per heavy atom. The van der Waals surface area contributed by atoms with Crippen molar-refractivity contribution in [3.8, 4) is 0 Å². The average Bonchev–Trinajstić information content (AvgIpc) is 3.28. The van der Waals surface area contributed by atoms with Crippen LogP contribution in [0.3, 0.4) is 0 Å². The zero-order valence-corrected chi connectivity index (χ0v) is 22.9. The van der Waals surface area contributed by atoms with Gasteiger partial charge in [-0.2, -0.15) is 0 Å². The minimum absolute atomic E-state index is 0. The molecule has 1 fully saturated rings. The van der Waals surface area contributed by atoms with Crippen molar-refractivity contribution in [3.63, 3.8) is 0 Å². The molecule has 32 heavy (non-hydrogen) atoms. The van der Waals surface area contributed by atoms with Gasteiger partial charge >= 0.3 is 0 Å². The average molecular weight is 571 g/mol. The second kappa shape index (κ2) is 14.7. The highest BCUT2D eigenvalue weighted by molar-refractivity contribution is 14.0. The van der Waals surface area contributed by atoms with Crippen LogP contribution in [0, 0.1) is 0 Å². The number of thiazole rings is 1. The quantitative estimate of drug-likeness (QED) is 0.190. The van der Waals surface area contributed by atoms with Crippen LogP contribution in [-0.2, 0) is 6.54 Å². The number of halogens is 1. The number of unbranched alkanes of at least 4 members (excludes halogenated alkanes) is 1. The molecule has 6 nitrogen and oxygen atoms in total. The van der Waals surface area contributed by atoms with E-state index >= 15 is 0 Å². The first-order chi connectivity index (χ1) is 15.2. The van der Waals surface area contributed by atoms with E-state index in [9.17, 15) is 0 Å². The Labute approximate surface area is 214 Å². The molecular formula is C24H39IN6S. The fourth-order valence-corrected chi connectivity index (χ4v) is 4.57. The van der Waals surface area contributed by atoms with Crippen LogP contribution in [0.2, 0.25) is 0 Å². The molecule has 1 aliphatic heterocycles. The third-order valence-corrected chi connectivity index (χ3v) is 6.42. The van der Waals surface area contributed by atoms with Crippen LogP contribution in [0.15, 0.2) is 40.7 Å². The summed E-state index contributed by atoms with van der Waals surface area (Å²) in [6.07, 6.45) is 2.36. The molecule has 0 aliphatic carbocycles. The maximum absolute atomic E-state index is 4.71. The summed E-state index contributed by atoms with van der Waals surface area (Å²) in [6.45, 7) is 14.6. The molecular weight excluding hydrogens is 531 g/mol. The Balaban J connectivity index is 0.00000363. The fourth-order valence-electron chi connectivity index (χ4n) is 3.69. The molecule has 0 spiro atoms. The van der Waals surface area contributed by atoms with Crippen LogP contribution in [0.1, 0.15) is 50.2 Å². The predicted octanol–water partition coefficient (Wildman–Crippen LogP) is 4.54. The van der Waals surface area contributed by atoms with Crippen molar-refractivity contribution >= 4 is 47.0 Å². The molecule has 1 saturated heterocycles. The Morgan fingerprint density at radius 1 is 1.09 bits per heavy atom. The zero-order valence-electron chi connectivity index (χ0n) is 19.7. The van der Waals surface area contributed by atoms with E-state index in [0.717, 1.165) is 62.4 Å². The lowest BCUT2D eigenvalue weighted by Crippen LogP contribution is -2.46. The second-order valence-corrected chi connectivity index (χ2v) is 9.26. The molecule has 178 valence electrons. The number of nitrogens with one attached hydrogen (secondary N) is 2. The van der Waals surface area contributed by atoms with E-state index in [-0.39, 0.29) is 24.0 Å². The molecule has 0 saturated carbocycles. The van der Waals surface area contributed by atoms with E-state index < -0.39 is 0 Å². The van der Waals surface area contributed by atoms with Gasteiger partial charge in [-0.1, -0.05) is 32.0 Å². The monoisotopic (exact) mass is 570 g/mol. The van der Waals surface area contributed by atoms with E-state index in [1.807, 2.05) is 0 Å². The minimum Gasteiger partial charge on any atom is -0.369 e. The molecule has 0 amide bonds. The van der Waals surface area contributed by atoms with E-state index in [0.29, 0.717) is 12.5 Å². The molecule has 0 radical (unpaired) electrons. The van der Waals surface area contributed by atoms with Gasteiger partial charge in [0.2, 0.25) is 0 Å². The number of rotatable bonds is 10. The number of aliphatic imine (C=N–C) groups is 1.